The van der Waals surface area contributed by atoms with Gasteiger partial charge in [0.15, 0.2) is 0 Å². The van der Waals surface area contributed by atoms with Crippen molar-refractivity contribution in [3.8, 4) is 0 Å². The molecule has 1 aliphatic rings. The van der Waals surface area contributed by atoms with Crippen LogP contribution in [0.3, 0.4) is 0 Å². The number of nitrogens with zero attached hydrogens (tertiary/aromatic N) is 4. The number of rotatable bonds is 4. The molecule has 0 aromatic heterocycles. The highest BCUT2D eigenvalue weighted by atomic mass is 16.2. The van der Waals surface area contributed by atoms with Crippen LogP contribution in [0.25, 0.3) is 0 Å². The second kappa shape index (κ2) is 11.4. The number of hydrogen-bond donors (Lipinski definition) is 1. The van der Waals surface area contributed by atoms with Crippen LogP contribution in [-0.4, -0.2) is 112 Å². The standard InChI is InChI=1S/C17H35N5O2/c1-19(2)16(23)14-21-10-5-8-18-9-6-11-22(13-7-12-21)15-17(24)20(3)4/h18H,5-15H2,1-4H3. The van der Waals surface area contributed by atoms with E-state index in [1.54, 1.807) is 38.0 Å². The molecule has 24 heavy (non-hydrogen) atoms. The Morgan fingerprint density at radius 1 is 0.750 bits per heavy atom. The molecule has 0 spiro atoms. The molecule has 1 rings (SSSR count). The Kier molecular flexibility index (Phi) is 9.90. The average molecular weight is 342 g/mol. The van der Waals surface area contributed by atoms with Gasteiger partial charge in [-0.25, -0.2) is 0 Å². The van der Waals surface area contributed by atoms with Crippen molar-refractivity contribution in [2.75, 3.05) is 80.5 Å². The Labute approximate surface area is 146 Å². The molecule has 0 atom stereocenters. The van der Waals surface area contributed by atoms with Crippen LogP contribution in [0.5, 0.6) is 0 Å². The molecule has 1 N–H and O–H groups in total. The minimum atomic E-state index is 0.148. The van der Waals surface area contributed by atoms with E-state index >= 15 is 0 Å². The zero-order chi connectivity index (χ0) is 17.9. The van der Waals surface area contributed by atoms with E-state index in [4.69, 9.17) is 0 Å². The van der Waals surface area contributed by atoms with Crippen molar-refractivity contribution in [2.45, 2.75) is 19.3 Å². The molecule has 1 saturated heterocycles. The van der Waals surface area contributed by atoms with Gasteiger partial charge in [-0.2, -0.15) is 0 Å². The first-order valence-electron chi connectivity index (χ1n) is 8.96. The van der Waals surface area contributed by atoms with Crippen molar-refractivity contribution < 1.29 is 9.59 Å². The second-order valence-corrected chi connectivity index (χ2v) is 6.94. The van der Waals surface area contributed by atoms with Gasteiger partial charge in [0, 0.05) is 28.2 Å². The zero-order valence-electron chi connectivity index (χ0n) is 15.9. The van der Waals surface area contributed by atoms with Crippen LogP contribution in [0.15, 0.2) is 0 Å². The first-order valence-corrected chi connectivity index (χ1v) is 8.96. The molecule has 7 heteroatoms. The van der Waals surface area contributed by atoms with E-state index < -0.39 is 0 Å². The Morgan fingerprint density at radius 3 is 1.50 bits per heavy atom. The van der Waals surface area contributed by atoms with Crippen LogP contribution in [0.1, 0.15) is 19.3 Å². The first-order chi connectivity index (χ1) is 11.4. The summed E-state index contributed by atoms with van der Waals surface area (Å²) in [5, 5.41) is 3.45. The number of carbonyl (C=O) groups excluding carboxylic acids is 2. The minimum Gasteiger partial charge on any atom is -0.348 e. The van der Waals surface area contributed by atoms with Gasteiger partial charge in [0.1, 0.15) is 0 Å². The van der Waals surface area contributed by atoms with Crippen LogP contribution in [0.2, 0.25) is 0 Å². The molecule has 140 valence electrons. The fourth-order valence-corrected chi connectivity index (χ4v) is 2.70. The fourth-order valence-electron chi connectivity index (χ4n) is 2.70. The summed E-state index contributed by atoms with van der Waals surface area (Å²) in [7, 11) is 7.20. The smallest absolute Gasteiger partial charge is 0.236 e. The predicted octanol–water partition coefficient (Wildman–Crippen LogP) is -0.460. The third-order valence-electron chi connectivity index (χ3n) is 4.32. The first kappa shape index (κ1) is 20.9. The van der Waals surface area contributed by atoms with E-state index in [0.29, 0.717) is 13.1 Å². The highest BCUT2D eigenvalue weighted by Crippen LogP contribution is 2.01. The van der Waals surface area contributed by atoms with Crippen LogP contribution in [-0.2, 0) is 9.59 Å². The average Bonchev–Trinajstić information content (AvgIpc) is 2.51. The molecule has 1 aliphatic heterocycles. The highest BCUT2D eigenvalue weighted by Gasteiger charge is 2.15. The maximum absolute atomic E-state index is 12.0. The van der Waals surface area contributed by atoms with E-state index in [0.717, 1.165) is 58.5 Å². The third kappa shape index (κ3) is 8.61. The van der Waals surface area contributed by atoms with Gasteiger partial charge in [0.2, 0.25) is 11.8 Å². The van der Waals surface area contributed by atoms with Crippen LogP contribution < -0.4 is 5.32 Å². The summed E-state index contributed by atoms with van der Waals surface area (Å²) in [6, 6.07) is 0. The molecule has 0 bridgehead atoms. The third-order valence-corrected chi connectivity index (χ3v) is 4.32. The lowest BCUT2D eigenvalue weighted by molar-refractivity contribution is -0.130. The van der Waals surface area contributed by atoms with Gasteiger partial charge in [-0.15, -0.1) is 0 Å². The summed E-state index contributed by atoms with van der Waals surface area (Å²) in [4.78, 5) is 31.7. The van der Waals surface area contributed by atoms with Crippen molar-refractivity contribution in [2.24, 2.45) is 0 Å². The van der Waals surface area contributed by atoms with E-state index in [1.165, 1.54) is 0 Å². The molecule has 0 aromatic carbocycles. The van der Waals surface area contributed by atoms with Gasteiger partial charge in [0.25, 0.3) is 0 Å². The van der Waals surface area contributed by atoms with Gasteiger partial charge in [-0.05, 0) is 58.5 Å². The molecule has 0 unspecified atom stereocenters. The van der Waals surface area contributed by atoms with Crippen molar-refractivity contribution in [1.82, 2.24) is 24.9 Å². The van der Waals surface area contributed by atoms with Gasteiger partial charge in [-0.1, -0.05) is 0 Å². The van der Waals surface area contributed by atoms with Crippen LogP contribution in [0.4, 0.5) is 0 Å². The van der Waals surface area contributed by atoms with E-state index in [2.05, 4.69) is 15.1 Å². The molecule has 0 aliphatic carbocycles. The lowest BCUT2D eigenvalue weighted by Gasteiger charge is -2.27. The monoisotopic (exact) mass is 341 g/mol. The fraction of sp³-hybridized carbons (Fsp3) is 0.882. The Morgan fingerprint density at radius 2 is 1.12 bits per heavy atom. The number of likely N-dealkylation sites (N-methyl/N-ethyl adjacent to an activating group) is 2. The lowest BCUT2D eigenvalue weighted by atomic mass is 10.2. The van der Waals surface area contributed by atoms with Gasteiger partial charge in [0.05, 0.1) is 13.1 Å². The van der Waals surface area contributed by atoms with Crippen molar-refractivity contribution in [3.63, 3.8) is 0 Å². The maximum Gasteiger partial charge on any atom is 0.236 e. The van der Waals surface area contributed by atoms with Crippen LogP contribution >= 0.6 is 0 Å². The van der Waals surface area contributed by atoms with Crippen LogP contribution in [0, 0.1) is 0 Å². The van der Waals surface area contributed by atoms with E-state index in [-0.39, 0.29) is 11.8 Å². The molecule has 2 amide bonds. The predicted molar refractivity (Wildman–Crippen MR) is 97.0 cm³/mol. The topological polar surface area (TPSA) is 59.1 Å². The molecule has 7 nitrogen and oxygen atoms in total. The minimum absolute atomic E-state index is 0.148. The van der Waals surface area contributed by atoms with Gasteiger partial charge >= 0.3 is 0 Å². The largest absolute Gasteiger partial charge is 0.348 e. The molecular weight excluding hydrogens is 306 g/mol. The second-order valence-electron chi connectivity index (χ2n) is 6.94. The molecule has 0 radical (unpaired) electrons. The Bertz CT molecular complexity index is 353. The molecule has 0 saturated carbocycles. The molecule has 1 fully saturated rings. The summed E-state index contributed by atoms with van der Waals surface area (Å²) in [6.07, 6.45) is 3.10. The quantitative estimate of drug-likeness (QED) is 0.750. The normalized spacial score (nSPS) is 19.2. The van der Waals surface area contributed by atoms with Crippen molar-refractivity contribution >= 4 is 11.8 Å². The zero-order valence-corrected chi connectivity index (χ0v) is 15.9. The number of amides is 2. The lowest BCUT2D eigenvalue weighted by Crippen LogP contribution is -2.42. The Hall–Kier alpha value is -1.18. The molecule has 0 aromatic rings. The highest BCUT2D eigenvalue weighted by molar-refractivity contribution is 5.78. The summed E-state index contributed by atoms with van der Waals surface area (Å²) in [5.41, 5.74) is 0. The van der Waals surface area contributed by atoms with Gasteiger partial charge in [-0.3, -0.25) is 19.4 Å². The van der Waals surface area contributed by atoms with E-state index in [1.807, 2.05) is 0 Å². The van der Waals surface area contributed by atoms with Crippen molar-refractivity contribution in [3.05, 3.63) is 0 Å². The molecular formula is C17H35N5O2. The van der Waals surface area contributed by atoms with Gasteiger partial charge < -0.3 is 15.1 Å². The number of carbonyl (C=O) groups is 2. The Balaban J connectivity index is 2.55. The molecule has 1 heterocycles. The number of nitrogens with one attached hydrogen (secondary N) is 1. The summed E-state index contributed by atoms with van der Waals surface area (Å²) >= 11 is 0. The maximum atomic E-state index is 12.0. The summed E-state index contributed by atoms with van der Waals surface area (Å²) in [6.45, 7) is 6.56. The van der Waals surface area contributed by atoms with Crippen molar-refractivity contribution in [1.29, 1.82) is 0 Å². The summed E-state index contributed by atoms with van der Waals surface area (Å²) in [5.74, 6) is 0.296. The van der Waals surface area contributed by atoms with E-state index in [9.17, 15) is 9.59 Å². The summed E-state index contributed by atoms with van der Waals surface area (Å²) < 4.78 is 0. The number of hydrogen-bond acceptors (Lipinski definition) is 5. The SMILES string of the molecule is CN(C)C(=O)CN1CCCNCCCN(CC(=O)N(C)C)CCC1.